The molecule has 1 aliphatic heterocycles. The van der Waals surface area contributed by atoms with Crippen LogP contribution in [-0.2, 0) is 25.5 Å². The van der Waals surface area contributed by atoms with Crippen molar-refractivity contribution in [3.05, 3.63) is 36.0 Å². The molecule has 1 saturated heterocycles. The molecular formula is C16H17NO5. The Bertz CT molecular complexity index is 726. The van der Waals surface area contributed by atoms with Crippen LogP contribution >= 0.6 is 0 Å². The maximum absolute atomic E-state index is 12.3. The van der Waals surface area contributed by atoms with Gasteiger partial charge in [-0.05, 0) is 11.6 Å². The van der Waals surface area contributed by atoms with E-state index in [2.05, 4.69) is 4.98 Å². The number of aliphatic hydroxyl groups is 1. The van der Waals surface area contributed by atoms with Gasteiger partial charge in [0.25, 0.3) is 5.79 Å². The standard InChI is InChI=1S/C16H17NO5/c1-15(2)21-13(19)16(9-18,14(20)22-15)7-10-8-17-12-6-4-3-5-11(10)12/h3-6,8,17-18H,7,9H2,1-2H3. The van der Waals surface area contributed by atoms with E-state index in [4.69, 9.17) is 9.47 Å². The minimum Gasteiger partial charge on any atom is -0.422 e. The van der Waals surface area contributed by atoms with Crippen LogP contribution in [0.2, 0.25) is 0 Å². The van der Waals surface area contributed by atoms with E-state index < -0.39 is 29.7 Å². The summed E-state index contributed by atoms with van der Waals surface area (Å²) < 4.78 is 10.3. The first-order valence-electron chi connectivity index (χ1n) is 7.01. The molecule has 6 heteroatoms. The zero-order valence-electron chi connectivity index (χ0n) is 12.4. The molecule has 1 aliphatic rings. The van der Waals surface area contributed by atoms with E-state index in [0.29, 0.717) is 0 Å². The average Bonchev–Trinajstić information content (AvgIpc) is 2.85. The van der Waals surface area contributed by atoms with Gasteiger partial charge < -0.3 is 19.6 Å². The van der Waals surface area contributed by atoms with Crippen molar-refractivity contribution in [2.75, 3.05) is 6.61 Å². The van der Waals surface area contributed by atoms with Crippen LogP contribution in [0, 0.1) is 5.41 Å². The highest BCUT2D eigenvalue weighted by Gasteiger charge is 2.56. The number of hydrogen-bond donors (Lipinski definition) is 2. The van der Waals surface area contributed by atoms with Crippen molar-refractivity contribution in [1.82, 2.24) is 4.98 Å². The Hall–Kier alpha value is -2.34. The monoisotopic (exact) mass is 303 g/mol. The molecule has 22 heavy (non-hydrogen) atoms. The number of cyclic esters (lactones) is 2. The molecule has 0 bridgehead atoms. The van der Waals surface area contributed by atoms with E-state index in [1.165, 1.54) is 13.8 Å². The average molecular weight is 303 g/mol. The lowest BCUT2D eigenvalue weighted by molar-refractivity contribution is -0.253. The number of para-hydroxylation sites is 1. The van der Waals surface area contributed by atoms with Gasteiger partial charge in [0, 0.05) is 37.4 Å². The van der Waals surface area contributed by atoms with Gasteiger partial charge in [-0.25, -0.2) is 0 Å². The number of ether oxygens (including phenoxy) is 2. The third kappa shape index (κ3) is 2.16. The Labute approximate surface area is 127 Å². The van der Waals surface area contributed by atoms with Crippen molar-refractivity contribution in [2.45, 2.75) is 26.1 Å². The summed E-state index contributed by atoms with van der Waals surface area (Å²) in [6.07, 6.45) is 1.74. The lowest BCUT2D eigenvalue weighted by Gasteiger charge is -2.39. The highest BCUT2D eigenvalue weighted by Crippen LogP contribution is 2.36. The number of benzene rings is 1. The van der Waals surface area contributed by atoms with E-state index in [0.717, 1.165) is 16.5 Å². The van der Waals surface area contributed by atoms with E-state index in [1.807, 2.05) is 24.3 Å². The first-order valence-corrected chi connectivity index (χ1v) is 7.01. The molecule has 2 heterocycles. The van der Waals surface area contributed by atoms with E-state index in [9.17, 15) is 14.7 Å². The number of aromatic nitrogens is 1. The van der Waals surface area contributed by atoms with E-state index in [-0.39, 0.29) is 6.42 Å². The number of hydrogen-bond acceptors (Lipinski definition) is 5. The largest absolute Gasteiger partial charge is 0.422 e. The Balaban J connectivity index is 2.01. The SMILES string of the molecule is CC1(C)OC(=O)C(CO)(Cc2c[nH]c3ccccc23)C(=O)O1. The highest BCUT2D eigenvalue weighted by molar-refractivity contribution is 6.02. The molecule has 0 radical (unpaired) electrons. The Morgan fingerprint density at radius 1 is 1.14 bits per heavy atom. The summed E-state index contributed by atoms with van der Waals surface area (Å²) in [4.78, 5) is 27.8. The minimum atomic E-state index is -1.72. The highest BCUT2D eigenvalue weighted by atomic mass is 16.7. The Morgan fingerprint density at radius 2 is 1.77 bits per heavy atom. The van der Waals surface area contributed by atoms with Crippen molar-refractivity contribution >= 4 is 22.8 Å². The van der Waals surface area contributed by atoms with Crippen LogP contribution in [0.5, 0.6) is 0 Å². The van der Waals surface area contributed by atoms with Crippen LogP contribution in [0.1, 0.15) is 19.4 Å². The molecule has 1 aromatic carbocycles. The minimum absolute atomic E-state index is 0.0151. The molecular weight excluding hydrogens is 286 g/mol. The fourth-order valence-corrected chi connectivity index (χ4v) is 2.68. The number of aromatic amines is 1. The van der Waals surface area contributed by atoms with Crippen molar-refractivity contribution in [3.8, 4) is 0 Å². The molecule has 1 fully saturated rings. The summed E-state index contributed by atoms with van der Waals surface area (Å²) >= 11 is 0. The summed E-state index contributed by atoms with van der Waals surface area (Å²) in [6.45, 7) is 2.30. The summed E-state index contributed by atoms with van der Waals surface area (Å²) in [5, 5.41) is 10.6. The number of rotatable bonds is 3. The smallest absolute Gasteiger partial charge is 0.329 e. The van der Waals surface area contributed by atoms with Gasteiger partial charge in [0.2, 0.25) is 0 Å². The molecule has 6 nitrogen and oxygen atoms in total. The molecule has 0 saturated carbocycles. The van der Waals surface area contributed by atoms with Gasteiger partial charge in [0.15, 0.2) is 5.41 Å². The molecule has 0 unspecified atom stereocenters. The summed E-state index contributed by atoms with van der Waals surface area (Å²) in [7, 11) is 0. The van der Waals surface area contributed by atoms with Crippen molar-refractivity contribution < 1.29 is 24.2 Å². The Morgan fingerprint density at radius 3 is 2.41 bits per heavy atom. The van der Waals surface area contributed by atoms with Gasteiger partial charge in [-0.3, -0.25) is 9.59 Å². The number of carbonyl (C=O) groups excluding carboxylic acids is 2. The topological polar surface area (TPSA) is 88.6 Å². The molecule has 0 spiro atoms. The molecule has 2 N–H and O–H groups in total. The van der Waals surface area contributed by atoms with Gasteiger partial charge >= 0.3 is 11.9 Å². The quantitative estimate of drug-likeness (QED) is 0.663. The van der Waals surface area contributed by atoms with Crippen LogP contribution in [-0.4, -0.2) is 34.4 Å². The van der Waals surface area contributed by atoms with Gasteiger partial charge in [0.05, 0.1) is 6.61 Å². The summed E-state index contributed by atoms with van der Waals surface area (Å²) in [6, 6.07) is 7.53. The zero-order chi connectivity index (χ0) is 16.0. The van der Waals surface area contributed by atoms with Crippen LogP contribution in [0.4, 0.5) is 0 Å². The number of nitrogens with one attached hydrogen (secondary N) is 1. The van der Waals surface area contributed by atoms with Crippen LogP contribution < -0.4 is 0 Å². The van der Waals surface area contributed by atoms with Crippen LogP contribution in [0.25, 0.3) is 10.9 Å². The molecule has 0 amide bonds. The Kier molecular flexibility index (Phi) is 3.21. The number of carbonyl (C=O) groups is 2. The number of aliphatic hydroxyl groups excluding tert-OH is 1. The predicted molar refractivity (Wildman–Crippen MR) is 77.8 cm³/mol. The maximum Gasteiger partial charge on any atom is 0.329 e. The number of esters is 2. The molecule has 116 valence electrons. The second-order valence-electron chi connectivity index (χ2n) is 5.96. The zero-order valence-corrected chi connectivity index (χ0v) is 12.4. The second kappa shape index (κ2) is 4.84. The maximum atomic E-state index is 12.3. The molecule has 2 aromatic rings. The second-order valence-corrected chi connectivity index (χ2v) is 5.96. The number of fused-ring (bicyclic) bond motifs is 1. The van der Waals surface area contributed by atoms with E-state index in [1.54, 1.807) is 6.20 Å². The molecule has 3 rings (SSSR count). The predicted octanol–water partition coefficient (Wildman–Crippen LogP) is 1.53. The fraction of sp³-hybridized carbons (Fsp3) is 0.375. The first-order chi connectivity index (χ1) is 10.4. The lowest BCUT2D eigenvalue weighted by atomic mass is 9.81. The van der Waals surface area contributed by atoms with Gasteiger partial charge in [-0.1, -0.05) is 18.2 Å². The molecule has 1 aromatic heterocycles. The van der Waals surface area contributed by atoms with Gasteiger partial charge in [-0.15, -0.1) is 0 Å². The summed E-state index contributed by atoms with van der Waals surface area (Å²) in [5.41, 5.74) is -0.0813. The van der Waals surface area contributed by atoms with Crippen molar-refractivity contribution in [1.29, 1.82) is 0 Å². The number of H-pyrrole nitrogens is 1. The van der Waals surface area contributed by atoms with Gasteiger partial charge in [-0.2, -0.15) is 0 Å². The van der Waals surface area contributed by atoms with E-state index >= 15 is 0 Å². The molecule has 0 aliphatic carbocycles. The first kappa shape index (κ1) is 14.6. The summed E-state index contributed by atoms with van der Waals surface area (Å²) in [5.74, 6) is -2.84. The van der Waals surface area contributed by atoms with Gasteiger partial charge in [0.1, 0.15) is 0 Å². The van der Waals surface area contributed by atoms with Crippen LogP contribution in [0.3, 0.4) is 0 Å². The van der Waals surface area contributed by atoms with Crippen molar-refractivity contribution in [3.63, 3.8) is 0 Å². The third-order valence-electron chi connectivity index (χ3n) is 3.90. The normalized spacial score (nSPS) is 19.8. The van der Waals surface area contributed by atoms with Crippen LogP contribution in [0.15, 0.2) is 30.5 Å². The lowest BCUT2D eigenvalue weighted by Crippen LogP contribution is -2.56. The molecule has 0 atom stereocenters. The van der Waals surface area contributed by atoms with Crippen molar-refractivity contribution in [2.24, 2.45) is 5.41 Å². The third-order valence-corrected chi connectivity index (χ3v) is 3.90. The fourth-order valence-electron chi connectivity index (χ4n) is 2.68.